The predicted molar refractivity (Wildman–Crippen MR) is 120 cm³/mol. The minimum absolute atomic E-state index is 0.641. The van der Waals surface area contributed by atoms with Crippen molar-refractivity contribution in [2.24, 2.45) is 0 Å². The summed E-state index contributed by atoms with van der Waals surface area (Å²) in [4.78, 5) is 9.53. The number of hydrogen-bond acceptors (Lipinski definition) is 5. The van der Waals surface area contributed by atoms with Crippen molar-refractivity contribution < 1.29 is 4.74 Å². The highest BCUT2D eigenvalue weighted by atomic mass is 16.5. The number of fused-ring (bicyclic) bond motifs is 3. The van der Waals surface area contributed by atoms with Crippen LogP contribution in [0.3, 0.4) is 0 Å². The third-order valence-corrected chi connectivity index (χ3v) is 5.89. The van der Waals surface area contributed by atoms with E-state index in [-0.39, 0.29) is 0 Å². The summed E-state index contributed by atoms with van der Waals surface area (Å²) >= 11 is 0. The lowest BCUT2D eigenvalue weighted by molar-refractivity contribution is 0.413. The van der Waals surface area contributed by atoms with E-state index in [0.29, 0.717) is 5.56 Å². The first-order valence-electron chi connectivity index (χ1n) is 10.1. The Hall–Kier alpha value is -3.72. The number of ether oxygens (including phenoxy) is 1. The molecular weight excluding hydrogens is 374 g/mol. The molecule has 2 aromatic carbocycles. The van der Waals surface area contributed by atoms with Crippen LogP contribution in [-0.2, 0) is 0 Å². The normalized spacial score (nSPS) is 14.3. The molecule has 3 heterocycles. The number of nitriles is 1. The van der Waals surface area contributed by atoms with Crippen LogP contribution in [0, 0.1) is 18.3 Å². The second-order valence-electron chi connectivity index (χ2n) is 7.58. The molecule has 4 aromatic rings. The van der Waals surface area contributed by atoms with Crippen LogP contribution in [0.1, 0.15) is 11.1 Å². The lowest BCUT2D eigenvalue weighted by Crippen LogP contribution is -2.47. The van der Waals surface area contributed by atoms with Gasteiger partial charge in [0.05, 0.1) is 29.4 Å². The van der Waals surface area contributed by atoms with Crippen molar-refractivity contribution in [2.75, 3.05) is 43.1 Å². The number of para-hydroxylation sites is 4. The first-order valence-corrected chi connectivity index (χ1v) is 10.1. The van der Waals surface area contributed by atoms with Gasteiger partial charge in [0.1, 0.15) is 17.6 Å². The van der Waals surface area contributed by atoms with Gasteiger partial charge in [0.15, 0.2) is 5.65 Å². The maximum absolute atomic E-state index is 9.72. The Balaban J connectivity index is 1.54. The first kappa shape index (κ1) is 18.3. The lowest BCUT2D eigenvalue weighted by Gasteiger charge is -2.38. The van der Waals surface area contributed by atoms with Crippen molar-refractivity contribution in [3.05, 3.63) is 65.7 Å². The number of aromatic nitrogens is 2. The van der Waals surface area contributed by atoms with Gasteiger partial charge in [-0.15, -0.1) is 0 Å². The third-order valence-electron chi connectivity index (χ3n) is 5.89. The SMILES string of the molecule is COc1ccccc1N1CCN(c2cc(C)c(C#N)c3nc4ccccc4n23)CC1. The van der Waals surface area contributed by atoms with E-state index in [0.717, 1.165) is 65.7 Å². The minimum atomic E-state index is 0.641. The maximum atomic E-state index is 9.72. The number of anilines is 2. The fraction of sp³-hybridized carbons (Fsp3) is 0.250. The number of pyridine rings is 1. The number of rotatable bonds is 3. The van der Waals surface area contributed by atoms with Crippen molar-refractivity contribution in [1.82, 2.24) is 9.38 Å². The molecule has 2 aromatic heterocycles. The second kappa shape index (κ2) is 7.27. The molecule has 0 bridgehead atoms. The highest BCUT2D eigenvalue weighted by Gasteiger charge is 2.23. The van der Waals surface area contributed by atoms with Crippen molar-refractivity contribution in [3.63, 3.8) is 0 Å². The summed E-state index contributed by atoms with van der Waals surface area (Å²) < 4.78 is 7.69. The molecule has 1 aliphatic heterocycles. The summed E-state index contributed by atoms with van der Waals surface area (Å²) in [6.07, 6.45) is 0. The van der Waals surface area contributed by atoms with Crippen LogP contribution in [-0.4, -0.2) is 42.7 Å². The molecule has 0 aliphatic carbocycles. The standard InChI is InChI=1S/C24H23N5O/c1-17-15-23(29-20-8-4-3-7-19(20)26-24(29)18(17)16-25)28-13-11-27(12-14-28)21-9-5-6-10-22(21)30-2/h3-10,15H,11-14H2,1-2H3. The highest BCUT2D eigenvalue weighted by molar-refractivity contribution is 5.85. The van der Waals surface area contributed by atoms with Crippen molar-refractivity contribution in [3.8, 4) is 11.8 Å². The average molecular weight is 397 g/mol. The molecule has 0 saturated carbocycles. The molecule has 0 amide bonds. The molecule has 0 atom stereocenters. The largest absolute Gasteiger partial charge is 0.495 e. The topological polar surface area (TPSA) is 56.8 Å². The zero-order valence-electron chi connectivity index (χ0n) is 17.2. The van der Waals surface area contributed by atoms with Gasteiger partial charge in [0.2, 0.25) is 0 Å². The van der Waals surface area contributed by atoms with E-state index in [1.807, 2.05) is 37.3 Å². The molecule has 0 N–H and O–H groups in total. The zero-order valence-corrected chi connectivity index (χ0v) is 17.2. The Kier molecular flexibility index (Phi) is 4.44. The number of hydrogen-bond donors (Lipinski definition) is 0. The van der Waals surface area contributed by atoms with Crippen molar-refractivity contribution in [1.29, 1.82) is 5.26 Å². The van der Waals surface area contributed by atoms with Crippen molar-refractivity contribution in [2.45, 2.75) is 6.92 Å². The van der Waals surface area contributed by atoms with Gasteiger partial charge in [-0.2, -0.15) is 5.26 Å². The average Bonchev–Trinajstić information content (AvgIpc) is 3.18. The molecule has 0 radical (unpaired) electrons. The summed E-state index contributed by atoms with van der Waals surface area (Å²) in [5.41, 5.74) is 5.42. The van der Waals surface area contributed by atoms with Gasteiger partial charge in [-0.1, -0.05) is 24.3 Å². The fourth-order valence-corrected chi connectivity index (χ4v) is 4.37. The number of benzene rings is 2. The molecular formula is C24H23N5O. The second-order valence-corrected chi connectivity index (χ2v) is 7.58. The number of methoxy groups -OCH3 is 1. The third kappa shape index (κ3) is 2.82. The Morgan fingerprint density at radius 2 is 1.67 bits per heavy atom. The number of piperazine rings is 1. The molecule has 6 nitrogen and oxygen atoms in total. The lowest BCUT2D eigenvalue weighted by atomic mass is 10.1. The van der Waals surface area contributed by atoms with E-state index in [2.05, 4.69) is 44.5 Å². The Labute approximate surface area is 175 Å². The van der Waals surface area contributed by atoms with E-state index in [1.54, 1.807) is 7.11 Å². The fourth-order valence-electron chi connectivity index (χ4n) is 4.37. The predicted octanol–water partition coefficient (Wildman–Crippen LogP) is 4.00. The summed E-state index contributed by atoms with van der Waals surface area (Å²) in [7, 11) is 1.72. The van der Waals surface area contributed by atoms with Crippen LogP contribution >= 0.6 is 0 Å². The molecule has 1 saturated heterocycles. The number of aryl methyl sites for hydroxylation is 1. The van der Waals surface area contributed by atoms with Gasteiger partial charge in [0.25, 0.3) is 0 Å². The number of nitrogens with zero attached hydrogens (tertiary/aromatic N) is 5. The Morgan fingerprint density at radius 1 is 0.967 bits per heavy atom. The van der Waals surface area contributed by atoms with E-state index in [9.17, 15) is 5.26 Å². The van der Waals surface area contributed by atoms with Gasteiger partial charge in [-0.05, 0) is 42.8 Å². The van der Waals surface area contributed by atoms with Gasteiger partial charge < -0.3 is 14.5 Å². The molecule has 1 aliphatic rings. The monoisotopic (exact) mass is 397 g/mol. The van der Waals surface area contributed by atoms with Crippen LogP contribution in [0.4, 0.5) is 11.5 Å². The molecule has 6 heteroatoms. The number of imidazole rings is 1. The highest BCUT2D eigenvalue weighted by Crippen LogP contribution is 2.32. The van der Waals surface area contributed by atoms with E-state index < -0.39 is 0 Å². The van der Waals surface area contributed by atoms with Crippen LogP contribution in [0.5, 0.6) is 5.75 Å². The van der Waals surface area contributed by atoms with Crippen LogP contribution in [0.15, 0.2) is 54.6 Å². The van der Waals surface area contributed by atoms with Crippen LogP contribution in [0.2, 0.25) is 0 Å². The van der Waals surface area contributed by atoms with E-state index >= 15 is 0 Å². The quantitative estimate of drug-likeness (QED) is 0.523. The van der Waals surface area contributed by atoms with Gasteiger partial charge >= 0.3 is 0 Å². The van der Waals surface area contributed by atoms with E-state index in [1.165, 1.54) is 0 Å². The Bertz CT molecular complexity index is 1280. The molecule has 0 spiro atoms. The first-order chi connectivity index (χ1) is 14.7. The minimum Gasteiger partial charge on any atom is -0.495 e. The molecule has 30 heavy (non-hydrogen) atoms. The summed E-state index contributed by atoms with van der Waals surface area (Å²) in [6, 6.07) is 20.7. The van der Waals surface area contributed by atoms with Crippen LogP contribution < -0.4 is 14.5 Å². The molecule has 150 valence electrons. The smallest absolute Gasteiger partial charge is 0.157 e. The Morgan fingerprint density at radius 3 is 2.43 bits per heavy atom. The van der Waals surface area contributed by atoms with Gasteiger partial charge in [-0.3, -0.25) is 4.40 Å². The zero-order chi connectivity index (χ0) is 20.7. The van der Waals surface area contributed by atoms with Crippen LogP contribution in [0.25, 0.3) is 16.7 Å². The summed E-state index contributed by atoms with van der Waals surface area (Å²) in [5.74, 6) is 2.00. The summed E-state index contributed by atoms with van der Waals surface area (Å²) in [5, 5.41) is 9.72. The molecule has 1 fully saturated rings. The van der Waals surface area contributed by atoms with Crippen molar-refractivity contribution >= 4 is 28.2 Å². The maximum Gasteiger partial charge on any atom is 0.157 e. The van der Waals surface area contributed by atoms with Gasteiger partial charge in [-0.25, -0.2) is 4.98 Å². The summed E-state index contributed by atoms with van der Waals surface area (Å²) in [6.45, 7) is 5.55. The van der Waals surface area contributed by atoms with E-state index in [4.69, 9.17) is 9.72 Å². The van der Waals surface area contributed by atoms with Gasteiger partial charge in [0, 0.05) is 26.2 Å². The molecule has 0 unspecified atom stereocenters. The molecule has 5 rings (SSSR count).